The summed E-state index contributed by atoms with van der Waals surface area (Å²) in [5.74, 6) is 0. The van der Waals surface area contributed by atoms with Crippen molar-refractivity contribution in [3.63, 3.8) is 0 Å². The highest BCUT2D eigenvalue weighted by Crippen LogP contribution is 2.38. The lowest BCUT2D eigenvalue weighted by Gasteiger charge is -2.10. The maximum atomic E-state index is 12.5. The van der Waals surface area contributed by atoms with Crippen molar-refractivity contribution in [2.45, 2.75) is 57.4 Å². The third kappa shape index (κ3) is 3.97. The summed E-state index contributed by atoms with van der Waals surface area (Å²) in [4.78, 5) is 19.4. The van der Waals surface area contributed by atoms with E-state index < -0.39 is 0 Å². The van der Waals surface area contributed by atoms with Gasteiger partial charge in [-0.25, -0.2) is 9.78 Å². The van der Waals surface area contributed by atoms with Gasteiger partial charge in [0.2, 0.25) is 0 Å². The topological polar surface area (TPSA) is 56.2 Å². The van der Waals surface area contributed by atoms with Crippen LogP contribution in [0.15, 0.2) is 29.3 Å². The van der Waals surface area contributed by atoms with Crippen molar-refractivity contribution in [1.29, 1.82) is 0 Å². The van der Waals surface area contributed by atoms with Gasteiger partial charge in [0.1, 0.15) is 0 Å². The largest absolute Gasteiger partial charge is 0.449 e. The van der Waals surface area contributed by atoms with Crippen LogP contribution in [-0.2, 0) is 11.2 Å². The lowest BCUT2D eigenvalue weighted by molar-refractivity contribution is 0.155. The Balaban J connectivity index is 1.70. The van der Waals surface area contributed by atoms with Gasteiger partial charge in [0, 0.05) is 33.3 Å². The Kier molecular flexibility index (Phi) is 5.24. The molecule has 0 radical (unpaired) electrons. The molecule has 0 unspecified atom stereocenters. The number of ether oxygens (including phenoxy) is 1. The molecular formula is C21H25N3O2S2. The van der Waals surface area contributed by atoms with Gasteiger partial charge in [0.15, 0.2) is 0 Å². The molecule has 148 valence electrons. The number of rotatable bonds is 6. The summed E-state index contributed by atoms with van der Waals surface area (Å²) >= 11 is 3.35. The Morgan fingerprint density at radius 3 is 2.82 bits per heavy atom. The van der Waals surface area contributed by atoms with Crippen LogP contribution in [0.1, 0.15) is 47.8 Å². The first-order valence-corrected chi connectivity index (χ1v) is 11.2. The normalized spacial score (nSPS) is 15.1. The summed E-state index contributed by atoms with van der Waals surface area (Å²) in [6.07, 6.45) is 4.77. The van der Waals surface area contributed by atoms with E-state index in [-0.39, 0.29) is 11.6 Å². The smallest absolute Gasteiger partial charge is 0.418 e. The molecule has 1 N–H and O–H groups in total. The summed E-state index contributed by atoms with van der Waals surface area (Å²) < 4.78 is 10.5. The molecule has 0 saturated heterocycles. The van der Waals surface area contributed by atoms with E-state index in [1.54, 1.807) is 27.9 Å². The molecule has 1 aromatic carbocycles. The summed E-state index contributed by atoms with van der Waals surface area (Å²) in [7, 11) is 0. The van der Waals surface area contributed by atoms with Crippen LogP contribution in [0.25, 0.3) is 10.9 Å². The molecule has 1 aliphatic carbocycles. The van der Waals surface area contributed by atoms with E-state index in [0.717, 1.165) is 38.5 Å². The van der Waals surface area contributed by atoms with Crippen LogP contribution in [0.2, 0.25) is 0 Å². The number of aromatic nitrogens is 2. The fourth-order valence-electron chi connectivity index (χ4n) is 3.21. The van der Waals surface area contributed by atoms with Gasteiger partial charge in [-0.3, -0.25) is 9.29 Å². The van der Waals surface area contributed by atoms with Crippen LogP contribution < -0.4 is 4.72 Å². The first-order chi connectivity index (χ1) is 13.4. The average Bonchev–Trinajstić information content (AvgIpc) is 3.16. The number of carbonyl (C=O) groups is 1. The zero-order valence-electron chi connectivity index (χ0n) is 16.7. The number of benzene rings is 1. The Labute approximate surface area is 173 Å². The predicted molar refractivity (Wildman–Crippen MR) is 115 cm³/mol. The van der Waals surface area contributed by atoms with Gasteiger partial charge in [-0.15, -0.1) is 11.3 Å². The van der Waals surface area contributed by atoms with Crippen LogP contribution >= 0.6 is 23.3 Å². The van der Waals surface area contributed by atoms with Gasteiger partial charge >= 0.3 is 6.09 Å². The lowest BCUT2D eigenvalue weighted by Crippen LogP contribution is -2.19. The molecule has 0 atom stereocenters. The van der Waals surface area contributed by atoms with Gasteiger partial charge in [-0.2, -0.15) is 0 Å². The number of thiazole rings is 1. The van der Waals surface area contributed by atoms with E-state index in [1.165, 1.54) is 17.7 Å². The zero-order chi connectivity index (χ0) is 19.9. The maximum absolute atomic E-state index is 12.5. The van der Waals surface area contributed by atoms with Gasteiger partial charge < -0.3 is 4.74 Å². The molecule has 28 heavy (non-hydrogen) atoms. The summed E-state index contributed by atoms with van der Waals surface area (Å²) in [6, 6.07) is 6.31. The average molecular weight is 416 g/mol. The highest BCUT2D eigenvalue weighted by molar-refractivity contribution is 7.97. The Bertz CT molecular complexity index is 1030. The molecule has 0 bridgehead atoms. The van der Waals surface area contributed by atoms with Crippen molar-refractivity contribution >= 4 is 40.3 Å². The second-order valence-electron chi connectivity index (χ2n) is 7.59. The minimum atomic E-state index is -0.333. The fourth-order valence-corrected chi connectivity index (χ4v) is 5.04. The molecule has 0 aliphatic heterocycles. The Morgan fingerprint density at radius 2 is 2.18 bits per heavy atom. The van der Waals surface area contributed by atoms with Crippen molar-refractivity contribution in [2.75, 3.05) is 6.61 Å². The third-order valence-electron chi connectivity index (χ3n) is 5.09. The minimum Gasteiger partial charge on any atom is -0.449 e. The molecule has 5 nitrogen and oxygen atoms in total. The van der Waals surface area contributed by atoms with Gasteiger partial charge in [0.05, 0.1) is 22.8 Å². The zero-order valence-corrected chi connectivity index (χ0v) is 18.3. The molecule has 1 aliphatic rings. The number of aryl methyl sites for hydroxylation is 2. The molecule has 0 spiro atoms. The van der Waals surface area contributed by atoms with Crippen molar-refractivity contribution in [3.8, 4) is 0 Å². The highest BCUT2D eigenvalue weighted by atomic mass is 32.2. The standard InChI is InChI=1S/C21H25N3O2S2/c1-5-26-20(25)24-12-15(10-19-13(2)22-14(3)27-19)17-7-6-16(11-18(17)24)28-23-21(4)8-9-21/h6-7,11-12,23H,5,8-10H2,1-4H3. The number of nitrogens with one attached hydrogen (secondary N) is 1. The molecule has 4 rings (SSSR count). The van der Waals surface area contributed by atoms with E-state index in [0.29, 0.717) is 6.61 Å². The first kappa shape index (κ1) is 19.5. The highest BCUT2D eigenvalue weighted by Gasteiger charge is 2.37. The van der Waals surface area contributed by atoms with Crippen LogP contribution in [0.4, 0.5) is 4.79 Å². The molecule has 2 aromatic heterocycles. The van der Waals surface area contributed by atoms with Crippen molar-refractivity contribution in [3.05, 3.63) is 45.5 Å². The Hall–Kier alpha value is -1.83. The van der Waals surface area contributed by atoms with E-state index in [1.807, 2.05) is 27.0 Å². The maximum Gasteiger partial charge on any atom is 0.418 e. The molecule has 7 heteroatoms. The van der Waals surface area contributed by atoms with Gasteiger partial charge in [-0.1, -0.05) is 6.07 Å². The number of carbonyl (C=O) groups excluding carboxylic acids is 1. The van der Waals surface area contributed by atoms with Crippen LogP contribution in [0.5, 0.6) is 0 Å². The molecular weight excluding hydrogens is 390 g/mol. The van der Waals surface area contributed by atoms with Crippen molar-refractivity contribution in [2.24, 2.45) is 0 Å². The monoisotopic (exact) mass is 415 g/mol. The third-order valence-corrected chi connectivity index (χ3v) is 7.25. The molecule has 1 fully saturated rings. The summed E-state index contributed by atoms with van der Waals surface area (Å²) in [6.45, 7) is 8.49. The summed E-state index contributed by atoms with van der Waals surface area (Å²) in [5.41, 5.74) is 3.32. The predicted octanol–water partition coefficient (Wildman–Crippen LogP) is 5.46. The Morgan fingerprint density at radius 1 is 1.39 bits per heavy atom. The number of fused-ring (bicyclic) bond motifs is 1. The quantitative estimate of drug-likeness (QED) is 0.542. The first-order valence-electron chi connectivity index (χ1n) is 9.56. The lowest BCUT2D eigenvalue weighted by atomic mass is 10.1. The number of hydrogen-bond acceptors (Lipinski definition) is 6. The van der Waals surface area contributed by atoms with Crippen LogP contribution in [0, 0.1) is 13.8 Å². The molecule has 2 heterocycles. The van der Waals surface area contributed by atoms with E-state index in [9.17, 15) is 4.79 Å². The minimum absolute atomic E-state index is 0.246. The van der Waals surface area contributed by atoms with Gasteiger partial charge in [-0.05, 0) is 70.2 Å². The van der Waals surface area contributed by atoms with E-state index >= 15 is 0 Å². The number of nitrogens with zero attached hydrogens (tertiary/aromatic N) is 2. The fraction of sp³-hybridized carbons (Fsp3) is 0.429. The van der Waals surface area contributed by atoms with Crippen molar-refractivity contribution in [1.82, 2.24) is 14.3 Å². The van der Waals surface area contributed by atoms with Crippen LogP contribution in [0.3, 0.4) is 0 Å². The van der Waals surface area contributed by atoms with E-state index in [2.05, 4.69) is 34.8 Å². The molecule has 3 aromatic rings. The second-order valence-corrected chi connectivity index (χ2v) is 9.75. The summed E-state index contributed by atoms with van der Waals surface area (Å²) in [5, 5.41) is 2.15. The molecule has 1 saturated carbocycles. The SMILES string of the molecule is CCOC(=O)n1cc(Cc2sc(C)nc2C)c2ccc(SNC3(C)CC3)cc21. The number of hydrogen-bond donors (Lipinski definition) is 1. The second kappa shape index (κ2) is 7.54. The molecule has 0 amide bonds. The van der Waals surface area contributed by atoms with Crippen molar-refractivity contribution < 1.29 is 9.53 Å². The van der Waals surface area contributed by atoms with Gasteiger partial charge in [0.25, 0.3) is 0 Å². The van der Waals surface area contributed by atoms with Crippen LogP contribution in [-0.4, -0.2) is 27.8 Å². The van der Waals surface area contributed by atoms with E-state index in [4.69, 9.17) is 4.74 Å².